The fraction of sp³-hybridized carbons (Fsp3) is 0.933. The molecule has 1 amide bonds. The zero-order chi connectivity index (χ0) is 14.0. The van der Waals surface area contributed by atoms with Crippen molar-refractivity contribution < 1.29 is 9.53 Å². The quantitative estimate of drug-likeness (QED) is 0.762. The molecule has 2 heterocycles. The second-order valence-corrected chi connectivity index (χ2v) is 6.70. The van der Waals surface area contributed by atoms with Crippen LogP contribution in [0.3, 0.4) is 0 Å². The van der Waals surface area contributed by atoms with Crippen molar-refractivity contribution in [2.75, 3.05) is 32.7 Å². The number of hydrogen-bond acceptors (Lipinski definition) is 3. The Morgan fingerprint density at radius 1 is 1.00 bits per heavy atom. The molecule has 0 aromatic carbocycles. The monoisotopic (exact) mass is 268 g/mol. The minimum Gasteiger partial charge on any atom is -0.372 e. The molecule has 110 valence electrons. The highest BCUT2D eigenvalue weighted by Crippen LogP contribution is 2.21. The summed E-state index contributed by atoms with van der Waals surface area (Å²) >= 11 is 0. The molecule has 0 bridgehead atoms. The molecular weight excluding hydrogens is 240 g/mol. The molecule has 0 aromatic rings. The van der Waals surface area contributed by atoms with E-state index in [1.54, 1.807) is 0 Å². The molecule has 0 aliphatic carbocycles. The Kier molecular flexibility index (Phi) is 4.85. The Labute approximate surface area is 117 Å². The van der Waals surface area contributed by atoms with Crippen LogP contribution in [0.4, 0.5) is 0 Å². The van der Waals surface area contributed by atoms with Crippen LogP contribution < -0.4 is 0 Å². The lowest BCUT2D eigenvalue weighted by atomic mass is 9.92. The third-order valence-corrected chi connectivity index (χ3v) is 4.08. The van der Waals surface area contributed by atoms with Gasteiger partial charge < -0.3 is 9.64 Å². The number of carbonyl (C=O) groups excluding carboxylic acids is 1. The van der Waals surface area contributed by atoms with E-state index in [1.165, 1.54) is 6.42 Å². The Morgan fingerprint density at radius 3 is 2.05 bits per heavy atom. The molecule has 4 atom stereocenters. The lowest BCUT2D eigenvalue weighted by Crippen LogP contribution is -2.52. The van der Waals surface area contributed by atoms with Crippen LogP contribution >= 0.6 is 0 Å². The number of piperidine rings is 1. The van der Waals surface area contributed by atoms with Gasteiger partial charge in [-0.2, -0.15) is 0 Å². The summed E-state index contributed by atoms with van der Waals surface area (Å²) in [6.07, 6.45) is 1.61. The molecule has 19 heavy (non-hydrogen) atoms. The zero-order valence-electron chi connectivity index (χ0n) is 12.8. The van der Waals surface area contributed by atoms with E-state index in [0.29, 0.717) is 18.4 Å². The summed E-state index contributed by atoms with van der Waals surface area (Å²) in [5.74, 6) is 1.68. The lowest BCUT2D eigenvalue weighted by molar-refractivity contribution is -0.144. The SMILES string of the molecule is CC1CC(C)CN(CC(=O)N2CC(C)OC(C)C2)C1. The molecule has 2 saturated heterocycles. The molecule has 4 nitrogen and oxygen atoms in total. The van der Waals surface area contributed by atoms with Crippen molar-refractivity contribution in [3.05, 3.63) is 0 Å². The second-order valence-electron chi connectivity index (χ2n) is 6.70. The Bertz CT molecular complexity index is 301. The first-order valence-corrected chi connectivity index (χ1v) is 7.59. The summed E-state index contributed by atoms with van der Waals surface area (Å²) < 4.78 is 5.68. The first kappa shape index (κ1) is 14.8. The van der Waals surface area contributed by atoms with Crippen LogP contribution in [-0.2, 0) is 9.53 Å². The van der Waals surface area contributed by atoms with Gasteiger partial charge in [-0.25, -0.2) is 0 Å². The topological polar surface area (TPSA) is 32.8 Å². The largest absolute Gasteiger partial charge is 0.372 e. The van der Waals surface area contributed by atoms with Gasteiger partial charge in [0.1, 0.15) is 0 Å². The van der Waals surface area contributed by atoms with Gasteiger partial charge in [-0.15, -0.1) is 0 Å². The van der Waals surface area contributed by atoms with Crippen molar-refractivity contribution in [3.63, 3.8) is 0 Å². The van der Waals surface area contributed by atoms with E-state index in [1.807, 2.05) is 18.7 Å². The zero-order valence-corrected chi connectivity index (χ0v) is 12.8. The number of amides is 1. The summed E-state index contributed by atoms with van der Waals surface area (Å²) in [4.78, 5) is 16.7. The molecule has 0 N–H and O–H groups in total. The molecule has 0 spiro atoms. The molecule has 2 aliphatic heterocycles. The van der Waals surface area contributed by atoms with Gasteiger partial charge in [0.05, 0.1) is 18.8 Å². The van der Waals surface area contributed by atoms with Crippen LogP contribution in [0.15, 0.2) is 0 Å². The Morgan fingerprint density at radius 2 is 1.53 bits per heavy atom. The molecule has 2 aliphatic rings. The number of nitrogens with zero attached hydrogens (tertiary/aromatic N) is 2. The molecule has 4 unspecified atom stereocenters. The number of carbonyl (C=O) groups is 1. The maximum absolute atomic E-state index is 12.4. The van der Waals surface area contributed by atoms with Crippen LogP contribution in [0.1, 0.15) is 34.1 Å². The number of morpholine rings is 1. The molecule has 2 rings (SSSR count). The summed E-state index contributed by atoms with van der Waals surface area (Å²) in [6, 6.07) is 0. The average Bonchev–Trinajstić information content (AvgIpc) is 2.25. The molecule has 0 saturated carbocycles. The van der Waals surface area contributed by atoms with Gasteiger partial charge in [0, 0.05) is 26.2 Å². The van der Waals surface area contributed by atoms with Gasteiger partial charge in [-0.1, -0.05) is 13.8 Å². The maximum atomic E-state index is 12.4. The third kappa shape index (κ3) is 4.18. The number of likely N-dealkylation sites (tertiary alicyclic amines) is 1. The van der Waals surface area contributed by atoms with E-state index in [9.17, 15) is 4.79 Å². The Hall–Kier alpha value is -0.610. The van der Waals surface area contributed by atoms with E-state index in [2.05, 4.69) is 18.7 Å². The van der Waals surface area contributed by atoms with E-state index in [0.717, 1.165) is 26.2 Å². The summed E-state index contributed by atoms with van der Waals surface area (Å²) in [7, 11) is 0. The van der Waals surface area contributed by atoms with Crippen molar-refractivity contribution >= 4 is 5.91 Å². The van der Waals surface area contributed by atoms with Crippen LogP contribution in [0.5, 0.6) is 0 Å². The predicted molar refractivity (Wildman–Crippen MR) is 76.0 cm³/mol. The van der Waals surface area contributed by atoms with Gasteiger partial charge in [-0.3, -0.25) is 9.69 Å². The second kappa shape index (κ2) is 6.23. The Balaban J connectivity index is 1.86. The summed E-state index contributed by atoms with van der Waals surface area (Å²) in [6.45, 7) is 12.8. The van der Waals surface area contributed by atoms with Gasteiger partial charge in [0.2, 0.25) is 5.91 Å². The highest BCUT2D eigenvalue weighted by Gasteiger charge is 2.29. The highest BCUT2D eigenvalue weighted by molar-refractivity contribution is 5.78. The van der Waals surface area contributed by atoms with Crippen LogP contribution in [0.2, 0.25) is 0 Å². The number of rotatable bonds is 2. The van der Waals surface area contributed by atoms with Crippen molar-refractivity contribution in [3.8, 4) is 0 Å². The van der Waals surface area contributed by atoms with E-state index in [4.69, 9.17) is 4.74 Å². The predicted octanol–water partition coefficient (Wildman–Crippen LogP) is 1.60. The first-order chi connectivity index (χ1) is 8.94. The summed E-state index contributed by atoms with van der Waals surface area (Å²) in [5, 5.41) is 0. The minimum absolute atomic E-state index is 0.159. The fourth-order valence-corrected chi connectivity index (χ4v) is 3.59. The molecular formula is C15H28N2O2. The third-order valence-electron chi connectivity index (χ3n) is 4.08. The summed E-state index contributed by atoms with van der Waals surface area (Å²) in [5.41, 5.74) is 0. The minimum atomic E-state index is 0.159. The normalized spacial score (nSPS) is 37.4. The van der Waals surface area contributed by atoms with Gasteiger partial charge in [0.25, 0.3) is 0 Å². The highest BCUT2D eigenvalue weighted by atomic mass is 16.5. The van der Waals surface area contributed by atoms with Crippen molar-refractivity contribution in [1.82, 2.24) is 9.80 Å². The van der Waals surface area contributed by atoms with E-state index >= 15 is 0 Å². The van der Waals surface area contributed by atoms with Crippen LogP contribution in [0, 0.1) is 11.8 Å². The fourth-order valence-electron chi connectivity index (χ4n) is 3.59. The standard InChI is InChI=1S/C15H28N2O2/c1-11-5-12(2)7-16(6-11)10-15(18)17-8-13(3)19-14(4)9-17/h11-14H,5-10H2,1-4H3. The van der Waals surface area contributed by atoms with Gasteiger partial charge in [0.15, 0.2) is 0 Å². The van der Waals surface area contributed by atoms with Crippen molar-refractivity contribution in [2.24, 2.45) is 11.8 Å². The smallest absolute Gasteiger partial charge is 0.236 e. The average molecular weight is 268 g/mol. The molecule has 2 fully saturated rings. The maximum Gasteiger partial charge on any atom is 0.236 e. The van der Waals surface area contributed by atoms with E-state index in [-0.39, 0.29) is 18.1 Å². The van der Waals surface area contributed by atoms with Crippen LogP contribution in [-0.4, -0.2) is 60.6 Å². The molecule has 0 aromatic heterocycles. The van der Waals surface area contributed by atoms with Crippen LogP contribution in [0.25, 0.3) is 0 Å². The van der Waals surface area contributed by atoms with Crippen molar-refractivity contribution in [1.29, 1.82) is 0 Å². The van der Waals surface area contributed by atoms with Gasteiger partial charge in [-0.05, 0) is 32.1 Å². The first-order valence-electron chi connectivity index (χ1n) is 7.59. The molecule has 4 heteroatoms. The van der Waals surface area contributed by atoms with E-state index < -0.39 is 0 Å². The van der Waals surface area contributed by atoms with Crippen molar-refractivity contribution in [2.45, 2.75) is 46.3 Å². The number of ether oxygens (including phenoxy) is 1. The number of hydrogen-bond donors (Lipinski definition) is 0. The van der Waals surface area contributed by atoms with Gasteiger partial charge >= 0.3 is 0 Å². The lowest BCUT2D eigenvalue weighted by Gasteiger charge is -2.38. The molecule has 0 radical (unpaired) electrons.